The van der Waals surface area contributed by atoms with Gasteiger partial charge in [0.15, 0.2) is 0 Å². The standard InChI is InChI=1S/C20H26N4O2S/c1-26-17-4-2-3-15(11-17)12-18-22-20(27-23-18)24-9-7-14(8-10-24)13-21-19(25)16-5-6-16/h2-4,11,14,16H,5-10,12-13H2,1H3,(H,21,25). The highest BCUT2D eigenvalue weighted by Crippen LogP contribution is 2.29. The van der Waals surface area contributed by atoms with Gasteiger partial charge >= 0.3 is 0 Å². The number of amides is 1. The fourth-order valence-electron chi connectivity index (χ4n) is 3.47. The highest BCUT2D eigenvalue weighted by Gasteiger charge is 2.30. The number of methoxy groups -OCH3 is 1. The van der Waals surface area contributed by atoms with Gasteiger partial charge in [-0.1, -0.05) is 12.1 Å². The van der Waals surface area contributed by atoms with E-state index in [1.807, 2.05) is 18.2 Å². The number of hydrogen-bond acceptors (Lipinski definition) is 6. The van der Waals surface area contributed by atoms with Crippen LogP contribution in [-0.4, -0.2) is 42.0 Å². The van der Waals surface area contributed by atoms with Gasteiger partial charge in [-0.3, -0.25) is 4.79 Å². The Balaban J connectivity index is 1.27. The lowest BCUT2D eigenvalue weighted by Gasteiger charge is -2.31. The third kappa shape index (κ3) is 4.77. The SMILES string of the molecule is COc1cccc(Cc2nsc(N3CCC(CNC(=O)C4CC4)CC3)n2)c1. The van der Waals surface area contributed by atoms with Crippen molar-refractivity contribution in [2.45, 2.75) is 32.1 Å². The van der Waals surface area contributed by atoms with Crippen molar-refractivity contribution in [3.8, 4) is 5.75 Å². The van der Waals surface area contributed by atoms with Crippen LogP contribution in [0.4, 0.5) is 5.13 Å². The van der Waals surface area contributed by atoms with E-state index >= 15 is 0 Å². The number of anilines is 1. The van der Waals surface area contributed by atoms with Crippen LogP contribution in [-0.2, 0) is 11.2 Å². The second kappa shape index (κ2) is 8.25. The molecule has 2 fully saturated rings. The first kappa shape index (κ1) is 18.2. The minimum absolute atomic E-state index is 0.253. The quantitative estimate of drug-likeness (QED) is 0.793. The number of ether oxygens (including phenoxy) is 1. The summed E-state index contributed by atoms with van der Waals surface area (Å²) in [5.41, 5.74) is 1.16. The summed E-state index contributed by atoms with van der Waals surface area (Å²) in [6.45, 7) is 2.79. The van der Waals surface area contributed by atoms with Gasteiger partial charge in [-0.25, -0.2) is 4.98 Å². The van der Waals surface area contributed by atoms with Crippen LogP contribution in [0.1, 0.15) is 37.1 Å². The van der Waals surface area contributed by atoms with Crippen LogP contribution < -0.4 is 15.0 Å². The van der Waals surface area contributed by atoms with E-state index in [1.54, 1.807) is 7.11 Å². The Hall–Kier alpha value is -2.15. The summed E-state index contributed by atoms with van der Waals surface area (Å²) in [5.74, 6) is 2.85. The molecular weight excluding hydrogens is 360 g/mol. The summed E-state index contributed by atoms with van der Waals surface area (Å²) in [5, 5.41) is 4.12. The van der Waals surface area contributed by atoms with Crippen molar-refractivity contribution in [3.63, 3.8) is 0 Å². The third-order valence-electron chi connectivity index (χ3n) is 5.35. The van der Waals surface area contributed by atoms with Gasteiger partial charge in [0.1, 0.15) is 11.6 Å². The van der Waals surface area contributed by atoms with E-state index in [9.17, 15) is 4.79 Å². The third-order valence-corrected chi connectivity index (χ3v) is 6.17. The Morgan fingerprint density at radius 3 is 2.85 bits per heavy atom. The van der Waals surface area contributed by atoms with Gasteiger partial charge in [0, 0.05) is 43.5 Å². The zero-order valence-electron chi connectivity index (χ0n) is 15.7. The fraction of sp³-hybridized carbons (Fsp3) is 0.550. The minimum atomic E-state index is 0.253. The number of nitrogens with one attached hydrogen (secondary N) is 1. The van der Waals surface area contributed by atoms with Gasteiger partial charge in [0.05, 0.1) is 7.11 Å². The van der Waals surface area contributed by atoms with Crippen molar-refractivity contribution in [1.82, 2.24) is 14.7 Å². The van der Waals surface area contributed by atoms with Crippen molar-refractivity contribution in [1.29, 1.82) is 0 Å². The van der Waals surface area contributed by atoms with Crippen LogP contribution in [0.5, 0.6) is 5.75 Å². The molecule has 6 nitrogen and oxygen atoms in total. The van der Waals surface area contributed by atoms with Crippen molar-refractivity contribution in [3.05, 3.63) is 35.7 Å². The lowest BCUT2D eigenvalue weighted by Crippen LogP contribution is -2.39. The Morgan fingerprint density at radius 2 is 2.11 bits per heavy atom. The minimum Gasteiger partial charge on any atom is -0.497 e. The lowest BCUT2D eigenvalue weighted by molar-refractivity contribution is -0.122. The second-order valence-electron chi connectivity index (χ2n) is 7.47. The number of benzene rings is 1. The molecule has 1 aromatic carbocycles. The summed E-state index contributed by atoms with van der Waals surface area (Å²) in [6.07, 6.45) is 5.04. The van der Waals surface area contributed by atoms with Crippen LogP contribution in [0.3, 0.4) is 0 Å². The molecule has 0 unspecified atom stereocenters. The van der Waals surface area contributed by atoms with Crippen molar-refractivity contribution < 1.29 is 9.53 Å². The first-order chi connectivity index (χ1) is 13.2. The Labute approximate surface area is 164 Å². The van der Waals surface area contributed by atoms with Gasteiger partial charge in [-0.2, -0.15) is 4.37 Å². The summed E-state index contributed by atoms with van der Waals surface area (Å²) < 4.78 is 9.82. The van der Waals surface area contributed by atoms with E-state index in [4.69, 9.17) is 9.72 Å². The van der Waals surface area contributed by atoms with E-state index in [2.05, 4.69) is 20.7 Å². The molecule has 7 heteroatoms. The first-order valence-electron chi connectivity index (χ1n) is 9.69. The summed E-state index contributed by atoms with van der Waals surface area (Å²) in [6, 6.07) is 8.04. The first-order valence-corrected chi connectivity index (χ1v) is 10.5. The van der Waals surface area contributed by atoms with Gasteiger partial charge in [-0.05, 0) is 49.3 Å². The predicted octanol–water partition coefficient (Wildman–Crippen LogP) is 2.88. The molecule has 0 radical (unpaired) electrons. The Bertz CT molecular complexity index is 782. The summed E-state index contributed by atoms with van der Waals surface area (Å²) in [4.78, 5) is 18.8. The highest BCUT2D eigenvalue weighted by molar-refractivity contribution is 7.09. The Kier molecular flexibility index (Phi) is 5.57. The zero-order chi connectivity index (χ0) is 18.6. The van der Waals surface area contributed by atoms with E-state index in [-0.39, 0.29) is 5.91 Å². The van der Waals surface area contributed by atoms with Crippen LogP contribution in [0.15, 0.2) is 24.3 Å². The monoisotopic (exact) mass is 386 g/mol. The maximum absolute atomic E-state index is 11.8. The smallest absolute Gasteiger partial charge is 0.223 e. The molecular formula is C20H26N4O2S. The maximum Gasteiger partial charge on any atom is 0.223 e. The molecule has 1 aromatic heterocycles. The molecule has 1 amide bonds. The van der Waals surface area contributed by atoms with Gasteiger partial charge in [0.2, 0.25) is 11.0 Å². The molecule has 0 bridgehead atoms. The number of rotatable bonds is 7. The molecule has 27 heavy (non-hydrogen) atoms. The van der Waals surface area contributed by atoms with Gasteiger partial charge < -0.3 is 15.0 Å². The van der Waals surface area contributed by atoms with E-state index in [1.165, 1.54) is 11.5 Å². The molecule has 0 spiro atoms. The number of carbonyl (C=O) groups is 1. The molecule has 1 saturated heterocycles. The topological polar surface area (TPSA) is 67.3 Å². The summed E-state index contributed by atoms with van der Waals surface area (Å²) in [7, 11) is 1.68. The van der Waals surface area contributed by atoms with E-state index in [0.717, 1.165) is 74.0 Å². The molecule has 1 saturated carbocycles. The number of aromatic nitrogens is 2. The zero-order valence-corrected chi connectivity index (χ0v) is 16.5. The van der Waals surface area contributed by atoms with Gasteiger partial charge in [-0.15, -0.1) is 0 Å². The second-order valence-corrected chi connectivity index (χ2v) is 8.20. The number of carbonyl (C=O) groups excluding carboxylic acids is 1. The highest BCUT2D eigenvalue weighted by atomic mass is 32.1. The molecule has 1 aliphatic carbocycles. The average molecular weight is 387 g/mol. The molecule has 144 valence electrons. The van der Waals surface area contributed by atoms with Crippen LogP contribution in [0, 0.1) is 11.8 Å². The van der Waals surface area contributed by atoms with Gasteiger partial charge in [0.25, 0.3) is 0 Å². The van der Waals surface area contributed by atoms with Crippen molar-refractivity contribution >= 4 is 22.6 Å². The number of piperidine rings is 1. The maximum atomic E-state index is 11.8. The normalized spacial score (nSPS) is 17.7. The number of hydrogen-bond donors (Lipinski definition) is 1. The van der Waals surface area contributed by atoms with E-state index in [0.29, 0.717) is 11.8 Å². The molecule has 1 N–H and O–H groups in total. The average Bonchev–Trinajstić information content (AvgIpc) is 3.46. The van der Waals surface area contributed by atoms with Crippen LogP contribution in [0.2, 0.25) is 0 Å². The largest absolute Gasteiger partial charge is 0.497 e. The Morgan fingerprint density at radius 1 is 1.30 bits per heavy atom. The number of nitrogens with zero attached hydrogens (tertiary/aromatic N) is 3. The molecule has 4 rings (SSSR count). The van der Waals surface area contributed by atoms with Crippen molar-refractivity contribution in [2.24, 2.45) is 11.8 Å². The van der Waals surface area contributed by atoms with Crippen molar-refractivity contribution in [2.75, 3.05) is 31.6 Å². The van der Waals surface area contributed by atoms with Crippen LogP contribution in [0.25, 0.3) is 0 Å². The molecule has 2 heterocycles. The molecule has 2 aliphatic rings. The van der Waals surface area contributed by atoms with E-state index < -0.39 is 0 Å². The molecule has 0 atom stereocenters. The predicted molar refractivity (Wildman–Crippen MR) is 106 cm³/mol. The lowest BCUT2D eigenvalue weighted by atomic mass is 9.97. The van der Waals surface area contributed by atoms with Crippen LogP contribution >= 0.6 is 11.5 Å². The molecule has 1 aliphatic heterocycles. The summed E-state index contributed by atoms with van der Waals surface area (Å²) >= 11 is 1.48. The molecule has 2 aromatic rings. The fourth-order valence-corrected chi connectivity index (χ4v) is 4.21.